The zero-order valence-electron chi connectivity index (χ0n) is 10.6. The van der Waals surface area contributed by atoms with Gasteiger partial charge in [0.25, 0.3) is 5.69 Å². The maximum Gasteiger partial charge on any atom is 0.269 e. The molecule has 4 heteroatoms. The highest BCUT2D eigenvalue weighted by molar-refractivity contribution is 5.57. The molecular weight excluding hydrogens is 240 g/mol. The summed E-state index contributed by atoms with van der Waals surface area (Å²) in [7, 11) is 0. The number of non-ortho nitro benzene ring substituents is 1. The molecule has 1 atom stereocenters. The van der Waals surface area contributed by atoms with Gasteiger partial charge < -0.3 is 4.90 Å². The SMILES string of the molecule is Cc1ccc(N2C[C@@H]2c2ccc([N+](=O)[O-])cc2)cc1. The van der Waals surface area contributed by atoms with E-state index >= 15 is 0 Å². The van der Waals surface area contributed by atoms with Crippen LogP contribution in [0.2, 0.25) is 0 Å². The van der Waals surface area contributed by atoms with Crippen molar-refractivity contribution >= 4 is 11.4 Å². The highest BCUT2D eigenvalue weighted by Crippen LogP contribution is 2.39. The average molecular weight is 254 g/mol. The lowest BCUT2D eigenvalue weighted by Crippen LogP contribution is -1.95. The number of rotatable bonds is 3. The van der Waals surface area contributed by atoms with Crippen LogP contribution >= 0.6 is 0 Å². The zero-order chi connectivity index (χ0) is 13.4. The van der Waals surface area contributed by atoms with Crippen LogP contribution in [-0.4, -0.2) is 11.5 Å². The van der Waals surface area contributed by atoms with E-state index in [1.807, 2.05) is 12.1 Å². The normalized spacial score (nSPS) is 17.3. The predicted octanol–water partition coefficient (Wildman–Crippen LogP) is 3.46. The standard InChI is InChI=1S/C15H14N2O2/c1-11-2-6-13(7-3-11)16-10-15(16)12-4-8-14(9-5-12)17(18)19/h2-9,15H,10H2,1H3/t15-,16?/m1/s1. The van der Waals surface area contributed by atoms with Crippen LogP contribution in [-0.2, 0) is 0 Å². The van der Waals surface area contributed by atoms with Gasteiger partial charge in [0.15, 0.2) is 0 Å². The summed E-state index contributed by atoms with van der Waals surface area (Å²) >= 11 is 0. The number of benzene rings is 2. The quantitative estimate of drug-likeness (QED) is 0.478. The molecule has 2 aromatic rings. The summed E-state index contributed by atoms with van der Waals surface area (Å²) in [6, 6.07) is 15.6. The second-order valence-corrected chi connectivity index (χ2v) is 4.85. The van der Waals surface area contributed by atoms with Gasteiger partial charge in [0.05, 0.1) is 11.0 Å². The topological polar surface area (TPSA) is 46.1 Å². The number of anilines is 1. The summed E-state index contributed by atoms with van der Waals surface area (Å²) in [5, 5.41) is 10.6. The Morgan fingerprint density at radius 1 is 1.11 bits per heavy atom. The van der Waals surface area contributed by atoms with Gasteiger partial charge >= 0.3 is 0 Å². The van der Waals surface area contributed by atoms with Gasteiger partial charge in [-0.1, -0.05) is 29.8 Å². The summed E-state index contributed by atoms with van der Waals surface area (Å²) in [5.41, 5.74) is 3.73. The van der Waals surface area contributed by atoms with Crippen molar-refractivity contribution in [3.8, 4) is 0 Å². The molecule has 96 valence electrons. The first-order valence-electron chi connectivity index (χ1n) is 6.23. The van der Waals surface area contributed by atoms with Crippen LogP contribution in [0.3, 0.4) is 0 Å². The number of hydrogen-bond donors (Lipinski definition) is 0. The number of aryl methyl sites for hydroxylation is 1. The monoisotopic (exact) mass is 254 g/mol. The van der Waals surface area contributed by atoms with Crippen molar-refractivity contribution in [2.24, 2.45) is 0 Å². The van der Waals surface area contributed by atoms with Gasteiger partial charge in [0.1, 0.15) is 0 Å². The van der Waals surface area contributed by atoms with E-state index < -0.39 is 0 Å². The smallest absolute Gasteiger partial charge is 0.269 e. The van der Waals surface area contributed by atoms with Crippen LogP contribution in [0.1, 0.15) is 17.2 Å². The minimum absolute atomic E-state index is 0.145. The first-order valence-corrected chi connectivity index (χ1v) is 6.23. The molecule has 2 aromatic carbocycles. The molecule has 1 aliphatic rings. The molecule has 0 spiro atoms. The van der Waals surface area contributed by atoms with Gasteiger partial charge in [-0.25, -0.2) is 0 Å². The Morgan fingerprint density at radius 2 is 1.74 bits per heavy atom. The molecular formula is C15H14N2O2. The second kappa shape index (κ2) is 4.39. The Bertz CT molecular complexity index is 605. The molecule has 0 aliphatic carbocycles. The van der Waals surface area contributed by atoms with Gasteiger partial charge in [-0.05, 0) is 24.6 Å². The molecule has 0 unspecified atom stereocenters. The summed E-state index contributed by atoms with van der Waals surface area (Å²) in [6.07, 6.45) is 0. The molecule has 0 bridgehead atoms. The Morgan fingerprint density at radius 3 is 2.32 bits per heavy atom. The van der Waals surface area contributed by atoms with Gasteiger partial charge in [-0.3, -0.25) is 10.1 Å². The van der Waals surface area contributed by atoms with Crippen molar-refractivity contribution in [1.82, 2.24) is 0 Å². The molecule has 1 fully saturated rings. The highest BCUT2D eigenvalue weighted by Gasteiger charge is 2.35. The van der Waals surface area contributed by atoms with Crippen LogP contribution in [0.25, 0.3) is 0 Å². The molecule has 3 rings (SSSR count). The molecule has 1 heterocycles. The lowest BCUT2D eigenvalue weighted by atomic mass is 10.1. The first-order chi connectivity index (χ1) is 9.15. The lowest BCUT2D eigenvalue weighted by molar-refractivity contribution is -0.384. The average Bonchev–Trinajstić information content (AvgIpc) is 3.20. The van der Waals surface area contributed by atoms with E-state index in [1.165, 1.54) is 11.3 Å². The molecule has 0 aromatic heterocycles. The Hall–Kier alpha value is -2.36. The molecule has 0 radical (unpaired) electrons. The van der Waals surface area contributed by atoms with Gasteiger partial charge in [-0.15, -0.1) is 0 Å². The first kappa shape index (κ1) is 11.7. The van der Waals surface area contributed by atoms with E-state index in [0.29, 0.717) is 6.04 Å². The molecule has 1 saturated heterocycles. The van der Waals surface area contributed by atoms with Gasteiger partial charge in [-0.2, -0.15) is 0 Å². The largest absolute Gasteiger partial charge is 0.360 e. The summed E-state index contributed by atoms with van der Waals surface area (Å²) in [4.78, 5) is 12.5. The molecule has 19 heavy (non-hydrogen) atoms. The Balaban J connectivity index is 1.75. The van der Waals surface area contributed by atoms with Crippen molar-refractivity contribution in [2.75, 3.05) is 11.4 Å². The summed E-state index contributed by atoms with van der Waals surface area (Å²) in [5.74, 6) is 0. The van der Waals surface area contributed by atoms with E-state index in [-0.39, 0.29) is 10.6 Å². The van der Waals surface area contributed by atoms with Crippen molar-refractivity contribution in [1.29, 1.82) is 0 Å². The third kappa shape index (κ3) is 2.29. The molecule has 4 nitrogen and oxygen atoms in total. The Kier molecular flexibility index (Phi) is 2.71. The third-order valence-electron chi connectivity index (χ3n) is 3.47. The number of nitro benzene ring substituents is 1. The molecule has 0 N–H and O–H groups in total. The fraction of sp³-hybridized carbons (Fsp3) is 0.200. The van der Waals surface area contributed by atoms with E-state index in [9.17, 15) is 10.1 Å². The van der Waals surface area contributed by atoms with Gasteiger partial charge in [0, 0.05) is 24.4 Å². The second-order valence-electron chi connectivity index (χ2n) is 4.85. The third-order valence-corrected chi connectivity index (χ3v) is 3.47. The van der Waals surface area contributed by atoms with E-state index in [1.54, 1.807) is 12.1 Å². The van der Waals surface area contributed by atoms with Crippen LogP contribution < -0.4 is 4.90 Å². The van der Waals surface area contributed by atoms with Crippen molar-refractivity contribution in [3.63, 3.8) is 0 Å². The number of hydrogen-bond acceptors (Lipinski definition) is 3. The van der Waals surface area contributed by atoms with Gasteiger partial charge in [0.2, 0.25) is 0 Å². The fourth-order valence-corrected chi connectivity index (χ4v) is 2.26. The lowest BCUT2D eigenvalue weighted by Gasteiger charge is -2.06. The summed E-state index contributed by atoms with van der Waals surface area (Å²) in [6.45, 7) is 3.04. The molecule has 0 amide bonds. The van der Waals surface area contributed by atoms with Crippen molar-refractivity contribution < 1.29 is 4.92 Å². The van der Waals surface area contributed by atoms with Crippen LogP contribution in [0.4, 0.5) is 11.4 Å². The van der Waals surface area contributed by atoms with Crippen molar-refractivity contribution in [2.45, 2.75) is 13.0 Å². The van der Waals surface area contributed by atoms with E-state index in [0.717, 1.165) is 12.1 Å². The minimum Gasteiger partial charge on any atom is -0.360 e. The summed E-state index contributed by atoms with van der Waals surface area (Å²) < 4.78 is 0. The predicted molar refractivity (Wildman–Crippen MR) is 74.4 cm³/mol. The fourth-order valence-electron chi connectivity index (χ4n) is 2.26. The highest BCUT2D eigenvalue weighted by atomic mass is 16.6. The zero-order valence-corrected chi connectivity index (χ0v) is 10.6. The minimum atomic E-state index is -0.367. The van der Waals surface area contributed by atoms with E-state index in [4.69, 9.17) is 0 Å². The molecule has 1 aliphatic heterocycles. The number of nitrogens with zero attached hydrogens (tertiary/aromatic N) is 2. The maximum atomic E-state index is 10.6. The van der Waals surface area contributed by atoms with Crippen molar-refractivity contribution in [3.05, 3.63) is 69.8 Å². The Labute approximate surface area is 111 Å². The number of nitro groups is 1. The maximum absolute atomic E-state index is 10.6. The molecule has 0 saturated carbocycles. The van der Waals surface area contributed by atoms with Crippen LogP contribution in [0.15, 0.2) is 48.5 Å². The van der Waals surface area contributed by atoms with Crippen LogP contribution in [0.5, 0.6) is 0 Å². The van der Waals surface area contributed by atoms with E-state index in [2.05, 4.69) is 36.1 Å². The van der Waals surface area contributed by atoms with Crippen LogP contribution in [0, 0.1) is 17.0 Å².